The van der Waals surface area contributed by atoms with Gasteiger partial charge in [0, 0.05) is 19.2 Å². The van der Waals surface area contributed by atoms with Crippen LogP contribution in [0.1, 0.15) is 26.7 Å². The number of anilines is 1. The van der Waals surface area contributed by atoms with Crippen molar-refractivity contribution >= 4 is 33.3 Å². The minimum absolute atomic E-state index is 0.0316. The highest BCUT2D eigenvalue weighted by Crippen LogP contribution is 2.25. The summed E-state index contributed by atoms with van der Waals surface area (Å²) in [6, 6.07) is 2.34. The number of hydrogen-bond donors (Lipinski definition) is 1. The van der Waals surface area contributed by atoms with Gasteiger partial charge >= 0.3 is 15.9 Å². The van der Waals surface area contributed by atoms with Gasteiger partial charge in [-0.25, -0.2) is 9.71 Å². The standard InChI is InChI=1S/C11H17ClN4O4S/c1-3-7-15(8-4-2)21(19,20)14-11-9(16(17)18)5-6-10(12)13-11/h5-6H,3-4,7-8H2,1-2H3,(H,13,14). The predicted octanol–water partition coefficient (Wildman–Crippen LogP) is 2.42. The summed E-state index contributed by atoms with van der Waals surface area (Å²) in [5, 5.41) is 10.9. The molecule has 0 bridgehead atoms. The Morgan fingerprint density at radius 1 is 1.33 bits per heavy atom. The summed E-state index contributed by atoms with van der Waals surface area (Å²) in [5.74, 6) is -0.385. The summed E-state index contributed by atoms with van der Waals surface area (Å²) in [5.41, 5.74) is -0.448. The number of rotatable bonds is 8. The van der Waals surface area contributed by atoms with Gasteiger partial charge in [0.05, 0.1) is 4.92 Å². The van der Waals surface area contributed by atoms with E-state index in [2.05, 4.69) is 9.71 Å². The van der Waals surface area contributed by atoms with Crippen molar-refractivity contribution in [3.05, 3.63) is 27.4 Å². The number of nitro groups is 1. The lowest BCUT2D eigenvalue weighted by Gasteiger charge is -2.21. The van der Waals surface area contributed by atoms with Crippen molar-refractivity contribution in [1.29, 1.82) is 0 Å². The first-order valence-electron chi connectivity index (χ1n) is 6.40. The zero-order chi connectivity index (χ0) is 16.0. The van der Waals surface area contributed by atoms with Gasteiger partial charge in [-0.15, -0.1) is 0 Å². The number of nitrogens with zero attached hydrogens (tertiary/aromatic N) is 3. The van der Waals surface area contributed by atoms with E-state index in [1.165, 1.54) is 10.4 Å². The zero-order valence-corrected chi connectivity index (χ0v) is 13.3. The fourth-order valence-corrected chi connectivity index (χ4v) is 3.21. The lowest BCUT2D eigenvalue weighted by atomic mass is 10.4. The van der Waals surface area contributed by atoms with E-state index in [1.807, 2.05) is 13.8 Å². The van der Waals surface area contributed by atoms with Crippen LogP contribution in [0.2, 0.25) is 5.15 Å². The number of nitrogens with one attached hydrogen (secondary N) is 1. The molecule has 0 aliphatic carbocycles. The molecule has 0 fully saturated rings. The molecule has 0 radical (unpaired) electrons. The van der Waals surface area contributed by atoms with E-state index in [1.54, 1.807) is 0 Å². The van der Waals surface area contributed by atoms with E-state index >= 15 is 0 Å². The monoisotopic (exact) mass is 336 g/mol. The average Bonchev–Trinajstić information content (AvgIpc) is 2.37. The Hall–Kier alpha value is -1.45. The van der Waals surface area contributed by atoms with Crippen LogP contribution in [0.15, 0.2) is 12.1 Å². The third-order valence-corrected chi connectivity index (χ3v) is 4.26. The molecule has 0 amide bonds. The molecular weight excluding hydrogens is 320 g/mol. The molecule has 1 aromatic heterocycles. The fourth-order valence-electron chi connectivity index (χ4n) is 1.69. The van der Waals surface area contributed by atoms with Crippen molar-refractivity contribution in [2.24, 2.45) is 0 Å². The summed E-state index contributed by atoms with van der Waals surface area (Å²) in [7, 11) is -3.91. The SMILES string of the molecule is CCCN(CCC)S(=O)(=O)Nc1nc(Cl)ccc1[N+](=O)[O-]. The Morgan fingerprint density at radius 2 is 1.90 bits per heavy atom. The molecule has 21 heavy (non-hydrogen) atoms. The van der Waals surface area contributed by atoms with Crippen LogP contribution in [0.5, 0.6) is 0 Å². The van der Waals surface area contributed by atoms with Crippen LogP contribution in [0.25, 0.3) is 0 Å². The molecule has 0 saturated heterocycles. The van der Waals surface area contributed by atoms with Crippen LogP contribution in [0.4, 0.5) is 11.5 Å². The molecule has 1 aromatic rings. The zero-order valence-electron chi connectivity index (χ0n) is 11.7. The number of hydrogen-bond acceptors (Lipinski definition) is 5. The molecular formula is C11H17ClN4O4S. The lowest BCUT2D eigenvalue weighted by Crippen LogP contribution is -2.37. The molecule has 118 valence electrons. The Morgan fingerprint density at radius 3 is 2.38 bits per heavy atom. The smallest absolute Gasteiger partial charge is 0.258 e. The number of pyridine rings is 1. The molecule has 0 atom stereocenters. The van der Waals surface area contributed by atoms with E-state index < -0.39 is 20.8 Å². The van der Waals surface area contributed by atoms with E-state index in [-0.39, 0.29) is 11.0 Å². The fraction of sp³-hybridized carbons (Fsp3) is 0.545. The first-order chi connectivity index (χ1) is 9.81. The predicted molar refractivity (Wildman–Crippen MR) is 80.6 cm³/mol. The van der Waals surface area contributed by atoms with Crippen LogP contribution in [-0.4, -0.2) is 35.7 Å². The molecule has 0 aliphatic rings. The van der Waals surface area contributed by atoms with Crippen molar-refractivity contribution in [1.82, 2.24) is 9.29 Å². The quantitative estimate of drug-likeness (QED) is 0.446. The Bertz CT molecular complexity index is 602. The summed E-state index contributed by atoms with van der Waals surface area (Å²) in [6.45, 7) is 4.33. The van der Waals surface area contributed by atoms with Crippen LogP contribution in [0, 0.1) is 10.1 Å². The van der Waals surface area contributed by atoms with Crippen molar-refractivity contribution in [3.63, 3.8) is 0 Å². The number of aromatic nitrogens is 1. The molecule has 0 unspecified atom stereocenters. The number of halogens is 1. The van der Waals surface area contributed by atoms with Crippen LogP contribution in [-0.2, 0) is 10.2 Å². The third-order valence-electron chi connectivity index (χ3n) is 2.55. The highest BCUT2D eigenvalue weighted by molar-refractivity contribution is 7.90. The van der Waals surface area contributed by atoms with Gasteiger partial charge in [-0.2, -0.15) is 12.7 Å². The normalized spacial score (nSPS) is 11.6. The van der Waals surface area contributed by atoms with Gasteiger partial charge in [-0.3, -0.25) is 10.1 Å². The minimum Gasteiger partial charge on any atom is -0.258 e. The van der Waals surface area contributed by atoms with Crippen LogP contribution < -0.4 is 4.72 Å². The first-order valence-corrected chi connectivity index (χ1v) is 8.22. The molecule has 8 nitrogen and oxygen atoms in total. The maximum atomic E-state index is 12.3. The summed E-state index contributed by atoms with van der Waals surface area (Å²) >= 11 is 5.67. The van der Waals surface area contributed by atoms with Crippen LogP contribution >= 0.6 is 11.6 Å². The van der Waals surface area contributed by atoms with E-state index in [9.17, 15) is 18.5 Å². The largest absolute Gasteiger partial charge is 0.312 e. The van der Waals surface area contributed by atoms with Crippen molar-refractivity contribution in [2.45, 2.75) is 26.7 Å². The summed E-state index contributed by atoms with van der Waals surface area (Å²) in [4.78, 5) is 13.9. The van der Waals surface area contributed by atoms with Gasteiger partial charge in [0.15, 0.2) is 0 Å². The van der Waals surface area contributed by atoms with Crippen molar-refractivity contribution in [3.8, 4) is 0 Å². The van der Waals surface area contributed by atoms with Gasteiger partial charge in [0.1, 0.15) is 5.15 Å². The molecule has 1 N–H and O–H groups in total. The molecule has 0 spiro atoms. The molecule has 1 heterocycles. The Kier molecular flexibility index (Phi) is 6.31. The van der Waals surface area contributed by atoms with Gasteiger partial charge in [0.2, 0.25) is 5.82 Å². The van der Waals surface area contributed by atoms with E-state index in [4.69, 9.17) is 11.6 Å². The van der Waals surface area contributed by atoms with Gasteiger partial charge in [0.25, 0.3) is 0 Å². The maximum Gasteiger partial charge on any atom is 0.312 e. The molecule has 0 aliphatic heterocycles. The average molecular weight is 337 g/mol. The highest BCUT2D eigenvalue weighted by atomic mass is 35.5. The topological polar surface area (TPSA) is 105 Å². The van der Waals surface area contributed by atoms with Gasteiger partial charge in [-0.1, -0.05) is 25.4 Å². The highest BCUT2D eigenvalue weighted by Gasteiger charge is 2.25. The molecule has 10 heteroatoms. The molecule has 0 aromatic carbocycles. The van der Waals surface area contributed by atoms with Crippen molar-refractivity contribution in [2.75, 3.05) is 17.8 Å². The van der Waals surface area contributed by atoms with E-state index in [0.717, 1.165) is 6.07 Å². The van der Waals surface area contributed by atoms with Crippen molar-refractivity contribution < 1.29 is 13.3 Å². The third kappa shape index (κ3) is 4.80. The molecule has 0 saturated carbocycles. The Balaban J connectivity index is 3.13. The minimum atomic E-state index is -3.91. The van der Waals surface area contributed by atoms with Crippen LogP contribution in [0.3, 0.4) is 0 Å². The van der Waals surface area contributed by atoms with E-state index in [0.29, 0.717) is 25.9 Å². The second-order valence-corrected chi connectivity index (χ2v) is 6.32. The summed E-state index contributed by atoms with van der Waals surface area (Å²) < 4.78 is 27.9. The molecule has 1 rings (SSSR count). The second kappa shape index (κ2) is 7.53. The Labute approximate surface area is 128 Å². The summed E-state index contributed by atoms with van der Waals surface area (Å²) in [6.07, 6.45) is 1.26. The van der Waals surface area contributed by atoms with Gasteiger partial charge < -0.3 is 0 Å². The first kappa shape index (κ1) is 17.6. The van der Waals surface area contributed by atoms with Gasteiger partial charge in [-0.05, 0) is 18.9 Å². The second-order valence-electron chi connectivity index (χ2n) is 4.26. The lowest BCUT2D eigenvalue weighted by molar-refractivity contribution is -0.384. The maximum absolute atomic E-state index is 12.3.